The Labute approximate surface area is 118 Å². The van der Waals surface area contributed by atoms with Crippen LogP contribution in [0, 0.1) is 11.7 Å². The normalized spacial score (nSPS) is 11.8. The molecule has 18 heavy (non-hydrogen) atoms. The van der Waals surface area contributed by atoms with E-state index in [4.69, 9.17) is 23.8 Å². The SMILES string of the molecule is Cc1cccc(-n2c(C(C)(C)C)c[nH]c2=S)c1Cl. The maximum absolute atomic E-state index is 6.40. The number of nitrogens with one attached hydrogen (secondary N) is 1. The van der Waals surface area contributed by atoms with Crippen molar-refractivity contribution in [3.8, 4) is 5.69 Å². The number of imidazole rings is 1. The van der Waals surface area contributed by atoms with Crippen LogP contribution in [-0.4, -0.2) is 9.55 Å². The average Bonchev–Trinajstić information content (AvgIpc) is 2.64. The van der Waals surface area contributed by atoms with Gasteiger partial charge in [0.15, 0.2) is 4.77 Å². The number of hydrogen-bond donors (Lipinski definition) is 1. The molecule has 0 radical (unpaired) electrons. The highest BCUT2D eigenvalue weighted by Crippen LogP contribution is 2.30. The summed E-state index contributed by atoms with van der Waals surface area (Å²) in [5.74, 6) is 0. The Balaban J connectivity index is 2.76. The van der Waals surface area contributed by atoms with Crippen molar-refractivity contribution in [2.24, 2.45) is 0 Å². The predicted molar refractivity (Wildman–Crippen MR) is 79.4 cm³/mol. The number of H-pyrrole nitrogens is 1. The second-order valence-corrected chi connectivity index (χ2v) is 6.24. The van der Waals surface area contributed by atoms with E-state index in [1.54, 1.807) is 0 Å². The Kier molecular flexibility index (Phi) is 3.39. The van der Waals surface area contributed by atoms with Gasteiger partial charge in [-0.05, 0) is 30.8 Å². The molecule has 0 aliphatic heterocycles. The number of aryl methyl sites for hydroxylation is 1. The first kappa shape index (κ1) is 13.4. The van der Waals surface area contributed by atoms with Gasteiger partial charge in [-0.25, -0.2) is 0 Å². The monoisotopic (exact) mass is 280 g/mol. The molecule has 0 fully saturated rings. The molecule has 1 N–H and O–H groups in total. The maximum atomic E-state index is 6.40. The number of rotatable bonds is 1. The van der Waals surface area contributed by atoms with Gasteiger partial charge < -0.3 is 4.98 Å². The van der Waals surface area contributed by atoms with Crippen molar-refractivity contribution in [2.45, 2.75) is 33.1 Å². The van der Waals surface area contributed by atoms with Gasteiger partial charge in [0.1, 0.15) is 0 Å². The van der Waals surface area contributed by atoms with Crippen LogP contribution in [0.2, 0.25) is 5.02 Å². The molecule has 1 heterocycles. The molecular formula is C14H17ClN2S. The van der Waals surface area contributed by atoms with E-state index >= 15 is 0 Å². The molecule has 0 atom stereocenters. The van der Waals surface area contributed by atoms with E-state index in [1.807, 2.05) is 35.9 Å². The minimum absolute atomic E-state index is 0.000630. The lowest BCUT2D eigenvalue weighted by molar-refractivity contribution is 0.556. The summed E-state index contributed by atoms with van der Waals surface area (Å²) >= 11 is 11.8. The molecule has 1 aromatic carbocycles. The van der Waals surface area contributed by atoms with E-state index in [9.17, 15) is 0 Å². The fraction of sp³-hybridized carbons (Fsp3) is 0.357. The zero-order chi connectivity index (χ0) is 13.5. The molecule has 0 aliphatic rings. The van der Waals surface area contributed by atoms with Crippen molar-refractivity contribution in [2.75, 3.05) is 0 Å². The molecule has 4 heteroatoms. The topological polar surface area (TPSA) is 20.7 Å². The highest BCUT2D eigenvalue weighted by Gasteiger charge is 2.21. The Bertz CT molecular complexity index is 632. The molecule has 96 valence electrons. The first-order chi connectivity index (χ1) is 8.32. The number of halogens is 1. The van der Waals surface area contributed by atoms with Gasteiger partial charge in [0, 0.05) is 17.3 Å². The molecule has 0 saturated carbocycles. The zero-order valence-corrected chi connectivity index (χ0v) is 12.6. The highest BCUT2D eigenvalue weighted by atomic mass is 35.5. The molecular weight excluding hydrogens is 264 g/mol. The van der Waals surface area contributed by atoms with Crippen LogP contribution in [0.4, 0.5) is 0 Å². The van der Waals surface area contributed by atoms with Crippen LogP contribution in [0.3, 0.4) is 0 Å². The fourth-order valence-corrected chi connectivity index (χ4v) is 2.43. The van der Waals surface area contributed by atoms with E-state index in [1.165, 1.54) is 0 Å². The molecule has 0 amide bonds. The van der Waals surface area contributed by atoms with Gasteiger partial charge in [-0.1, -0.05) is 44.5 Å². The van der Waals surface area contributed by atoms with Gasteiger partial charge in [0.2, 0.25) is 0 Å². The van der Waals surface area contributed by atoms with Crippen molar-refractivity contribution >= 4 is 23.8 Å². The summed E-state index contributed by atoms with van der Waals surface area (Å²) < 4.78 is 2.69. The maximum Gasteiger partial charge on any atom is 0.182 e. The summed E-state index contributed by atoms with van der Waals surface area (Å²) in [5, 5.41) is 0.749. The van der Waals surface area contributed by atoms with Crippen LogP contribution in [0.5, 0.6) is 0 Å². The third-order valence-corrected chi connectivity index (χ3v) is 3.75. The summed E-state index contributed by atoms with van der Waals surface area (Å²) in [6.45, 7) is 8.47. The van der Waals surface area contributed by atoms with Gasteiger partial charge in [0.05, 0.1) is 10.7 Å². The van der Waals surface area contributed by atoms with E-state index in [-0.39, 0.29) is 5.41 Å². The summed E-state index contributed by atoms with van der Waals surface area (Å²) in [4.78, 5) is 3.11. The molecule has 2 aromatic rings. The second-order valence-electron chi connectivity index (χ2n) is 5.47. The van der Waals surface area contributed by atoms with Crippen LogP contribution in [0.15, 0.2) is 24.4 Å². The minimum atomic E-state index is 0.000630. The Morgan fingerprint density at radius 1 is 1.28 bits per heavy atom. The largest absolute Gasteiger partial charge is 0.337 e. The summed E-state index contributed by atoms with van der Waals surface area (Å²) in [5.41, 5.74) is 3.12. The van der Waals surface area contributed by atoms with Gasteiger partial charge in [0.25, 0.3) is 0 Å². The van der Waals surface area contributed by atoms with Crippen molar-refractivity contribution in [1.29, 1.82) is 0 Å². The summed E-state index contributed by atoms with van der Waals surface area (Å²) in [7, 11) is 0. The fourth-order valence-electron chi connectivity index (χ4n) is 1.96. The van der Waals surface area contributed by atoms with Gasteiger partial charge in [-0.2, -0.15) is 0 Å². The Hall–Kier alpha value is -1.06. The number of hydrogen-bond acceptors (Lipinski definition) is 1. The van der Waals surface area contributed by atoms with Crippen LogP contribution in [0.1, 0.15) is 32.0 Å². The first-order valence-corrected chi connectivity index (χ1v) is 6.67. The Morgan fingerprint density at radius 2 is 1.94 bits per heavy atom. The predicted octanol–water partition coefficient (Wildman–Crippen LogP) is 4.79. The molecule has 0 saturated heterocycles. The third-order valence-electron chi connectivity index (χ3n) is 2.96. The van der Waals surface area contributed by atoms with E-state index in [0.717, 1.165) is 22.0 Å². The van der Waals surface area contributed by atoms with Crippen molar-refractivity contribution in [3.05, 3.63) is 45.4 Å². The molecule has 2 nitrogen and oxygen atoms in total. The van der Waals surface area contributed by atoms with Crippen molar-refractivity contribution in [3.63, 3.8) is 0 Å². The molecule has 0 unspecified atom stereocenters. The quantitative estimate of drug-likeness (QED) is 0.745. The highest BCUT2D eigenvalue weighted by molar-refractivity contribution is 7.71. The van der Waals surface area contributed by atoms with Gasteiger partial charge >= 0.3 is 0 Å². The lowest BCUT2D eigenvalue weighted by atomic mass is 9.92. The number of aromatic nitrogens is 2. The molecule has 0 spiro atoms. The van der Waals surface area contributed by atoms with Crippen molar-refractivity contribution in [1.82, 2.24) is 9.55 Å². The average molecular weight is 281 g/mol. The molecule has 0 bridgehead atoms. The Morgan fingerprint density at radius 3 is 2.56 bits per heavy atom. The number of aromatic amines is 1. The lowest BCUT2D eigenvalue weighted by Crippen LogP contribution is -2.17. The number of nitrogens with zero attached hydrogens (tertiary/aromatic N) is 1. The first-order valence-electron chi connectivity index (χ1n) is 5.89. The molecule has 1 aromatic heterocycles. The summed E-state index contributed by atoms with van der Waals surface area (Å²) in [6, 6.07) is 5.99. The van der Waals surface area contributed by atoms with Gasteiger partial charge in [-0.15, -0.1) is 0 Å². The summed E-state index contributed by atoms with van der Waals surface area (Å²) in [6.07, 6.45) is 1.96. The lowest BCUT2D eigenvalue weighted by Gasteiger charge is -2.21. The van der Waals surface area contributed by atoms with Crippen LogP contribution < -0.4 is 0 Å². The van der Waals surface area contributed by atoms with Crippen LogP contribution >= 0.6 is 23.8 Å². The van der Waals surface area contributed by atoms with Crippen molar-refractivity contribution < 1.29 is 0 Å². The molecule has 2 rings (SSSR count). The minimum Gasteiger partial charge on any atom is -0.337 e. The standard InChI is InChI=1S/C14H17ClN2S/c1-9-6-5-7-10(12(9)15)17-11(14(2,3)4)8-16-13(17)18/h5-8H,1-4H3,(H,16,18). The zero-order valence-electron chi connectivity index (χ0n) is 11.0. The van der Waals surface area contributed by atoms with Gasteiger partial charge in [-0.3, -0.25) is 4.57 Å². The molecule has 0 aliphatic carbocycles. The number of benzene rings is 1. The van der Waals surface area contributed by atoms with E-state index in [2.05, 4.69) is 25.8 Å². The van der Waals surface area contributed by atoms with Crippen LogP contribution in [0.25, 0.3) is 5.69 Å². The third kappa shape index (κ3) is 2.25. The second kappa shape index (κ2) is 4.56. The smallest absolute Gasteiger partial charge is 0.182 e. The van der Waals surface area contributed by atoms with E-state index < -0.39 is 0 Å². The van der Waals surface area contributed by atoms with E-state index in [0.29, 0.717) is 4.77 Å². The van der Waals surface area contributed by atoms with Crippen LogP contribution in [-0.2, 0) is 5.41 Å².